The number of rotatable bonds is 4. The lowest BCUT2D eigenvalue weighted by Crippen LogP contribution is -2.54. The smallest absolute Gasteiger partial charge is 0.330 e. The van der Waals surface area contributed by atoms with Crippen LogP contribution < -0.4 is 0 Å². The standard InChI is InChI=1S/C9H15NO3S/c1-3-10(6-11)9(8(12)13)4-7(2)14-5-9/h6-7H,3-5H2,1-2H3,(H,12,13). The summed E-state index contributed by atoms with van der Waals surface area (Å²) in [7, 11) is 0. The van der Waals surface area contributed by atoms with Gasteiger partial charge in [0.25, 0.3) is 0 Å². The number of hydrogen-bond donors (Lipinski definition) is 1. The highest BCUT2D eigenvalue weighted by Gasteiger charge is 2.48. The molecular weight excluding hydrogens is 202 g/mol. The predicted octanol–water partition coefficient (Wildman–Crippen LogP) is 0.813. The number of carbonyl (C=O) groups excluding carboxylic acids is 1. The zero-order valence-electron chi connectivity index (χ0n) is 8.40. The molecule has 0 spiro atoms. The van der Waals surface area contributed by atoms with Crippen molar-refractivity contribution < 1.29 is 14.7 Å². The molecule has 2 unspecified atom stereocenters. The van der Waals surface area contributed by atoms with E-state index in [2.05, 4.69) is 0 Å². The van der Waals surface area contributed by atoms with E-state index in [4.69, 9.17) is 0 Å². The minimum atomic E-state index is -0.972. The Bertz CT molecular complexity index is 246. The Kier molecular flexibility index (Phi) is 3.42. The molecule has 1 aliphatic heterocycles. The van der Waals surface area contributed by atoms with Gasteiger partial charge in [0.15, 0.2) is 0 Å². The maximum Gasteiger partial charge on any atom is 0.330 e. The first-order chi connectivity index (χ1) is 6.56. The van der Waals surface area contributed by atoms with Crippen LogP contribution in [0.25, 0.3) is 0 Å². The molecule has 1 heterocycles. The Hall–Kier alpha value is -0.710. The molecule has 0 aromatic carbocycles. The summed E-state index contributed by atoms with van der Waals surface area (Å²) in [4.78, 5) is 23.4. The average Bonchev–Trinajstić information content (AvgIpc) is 2.51. The Morgan fingerprint density at radius 3 is 2.71 bits per heavy atom. The number of carboxylic acid groups (broad SMARTS) is 1. The fourth-order valence-electron chi connectivity index (χ4n) is 1.82. The molecule has 0 aliphatic carbocycles. The second kappa shape index (κ2) is 4.21. The molecule has 5 heteroatoms. The molecule has 0 bridgehead atoms. The minimum Gasteiger partial charge on any atom is -0.479 e. The predicted molar refractivity (Wildman–Crippen MR) is 55.3 cm³/mol. The van der Waals surface area contributed by atoms with E-state index >= 15 is 0 Å². The van der Waals surface area contributed by atoms with Crippen LogP contribution in [0.1, 0.15) is 20.3 Å². The van der Waals surface area contributed by atoms with Crippen LogP contribution in [0.3, 0.4) is 0 Å². The van der Waals surface area contributed by atoms with E-state index in [-0.39, 0.29) is 0 Å². The number of nitrogens with zero attached hydrogens (tertiary/aromatic N) is 1. The number of amides is 1. The lowest BCUT2D eigenvalue weighted by atomic mass is 9.94. The Labute approximate surface area is 87.7 Å². The second-order valence-corrected chi connectivity index (χ2v) is 4.98. The third kappa shape index (κ3) is 1.73. The maximum atomic E-state index is 11.2. The molecule has 1 rings (SSSR count). The lowest BCUT2D eigenvalue weighted by Gasteiger charge is -2.33. The molecule has 1 saturated heterocycles. The molecule has 1 fully saturated rings. The van der Waals surface area contributed by atoms with Crippen LogP contribution >= 0.6 is 11.8 Å². The van der Waals surface area contributed by atoms with Crippen molar-refractivity contribution in [3.8, 4) is 0 Å². The van der Waals surface area contributed by atoms with Gasteiger partial charge in [-0.2, -0.15) is 11.8 Å². The molecular formula is C9H15NO3S. The first-order valence-electron chi connectivity index (χ1n) is 4.64. The largest absolute Gasteiger partial charge is 0.479 e. The van der Waals surface area contributed by atoms with Gasteiger partial charge < -0.3 is 10.0 Å². The van der Waals surface area contributed by atoms with Gasteiger partial charge in [0, 0.05) is 17.5 Å². The highest BCUT2D eigenvalue weighted by Crippen LogP contribution is 2.38. The highest BCUT2D eigenvalue weighted by atomic mass is 32.2. The SMILES string of the molecule is CCN(C=O)C1(C(=O)O)CSC(C)C1. The topological polar surface area (TPSA) is 57.6 Å². The molecule has 0 aromatic rings. The summed E-state index contributed by atoms with van der Waals surface area (Å²) in [5.74, 6) is -0.390. The third-order valence-electron chi connectivity index (χ3n) is 2.65. The summed E-state index contributed by atoms with van der Waals surface area (Å²) in [6.07, 6.45) is 1.19. The molecule has 0 saturated carbocycles. The molecule has 4 nitrogen and oxygen atoms in total. The lowest BCUT2D eigenvalue weighted by molar-refractivity contribution is -0.153. The first-order valence-corrected chi connectivity index (χ1v) is 5.68. The average molecular weight is 217 g/mol. The van der Waals surface area contributed by atoms with Crippen molar-refractivity contribution >= 4 is 24.1 Å². The molecule has 14 heavy (non-hydrogen) atoms. The Balaban J connectivity index is 2.92. The van der Waals surface area contributed by atoms with E-state index in [0.717, 1.165) is 0 Å². The van der Waals surface area contributed by atoms with Crippen LogP contribution in [0, 0.1) is 0 Å². The Morgan fingerprint density at radius 1 is 1.79 bits per heavy atom. The van der Waals surface area contributed by atoms with Crippen LogP contribution in [-0.4, -0.2) is 45.5 Å². The van der Waals surface area contributed by atoms with E-state index in [0.29, 0.717) is 30.4 Å². The molecule has 1 amide bonds. The highest BCUT2D eigenvalue weighted by molar-refractivity contribution is 8.00. The Morgan fingerprint density at radius 2 is 2.43 bits per heavy atom. The van der Waals surface area contributed by atoms with Gasteiger partial charge >= 0.3 is 5.97 Å². The molecule has 1 aliphatic rings. The molecule has 2 atom stereocenters. The van der Waals surface area contributed by atoms with Crippen LogP contribution in [0.4, 0.5) is 0 Å². The van der Waals surface area contributed by atoms with Gasteiger partial charge in [-0.25, -0.2) is 4.79 Å². The van der Waals surface area contributed by atoms with E-state index in [1.807, 2.05) is 6.92 Å². The summed E-state index contributed by atoms with van der Waals surface area (Å²) >= 11 is 1.61. The van der Waals surface area contributed by atoms with Crippen molar-refractivity contribution in [1.82, 2.24) is 4.90 Å². The van der Waals surface area contributed by atoms with E-state index in [9.17, 15) is 14.7 Å². The van der Waals surface area contributed by atoms with Crippen molar-refractivity contribution in [2.75, 3.05) is 12.3 Å². The summed E-state index contributed by atoms with van der Waals surface area (Å²) in [6.45, 7) is 4.24. The van der Waals surface area contributed by atoms with Gasteiger partial charge in [0.2, 0.25) is 6.41 Å². The zero-order valence-corrected chi connectivity index (χ0v) is 9.21. The normalized spacial score (nSPS) is 31.4. The third-order valence-corrected chi connectivity index (χ3v) is 4.03. The van der Waals surface area contributed by atoms with Crippen LogP contribution in [0.5, 0.6) is 0 Å². The number of carbonyl (C=O) groups is 2. The first kappa shape index (κ1) is 11.4. The molecule has 0 aromatic heterocycles. The second-order valence-electron chi connectivity index (χ2n) is 3.55. The van der Waals surface area contributed by atoms with Gasteiger partial charge in [0.05, 0.1) is 0 Å². The number of likely N-dealkylation sites (N-methyl/N-ethyl adjacent to an activating group) is 1. The summed E-state index contributed by atoms with van der Waals surface area (Å²) < 4.78 is 0. The van der Waals surface area contributed by atoms with Gasteiger partial charge in [-0.1, -0.05) is 6.92 Å². The quantitative estimate of drug-likeness (QED) is 0.708. The van der Waals surface area contributed by atoms with Gasteiger partial charge in [0.1, 0.15) is 5.54 Å². The zero-order chi connectivity index (χ0) is 10.8. The molecule has 80 valence electrons. The van der Waals surface area contributed by atoms with E-state index in [1.165, 1.54) is 4.90 Å². The van der Waals surface area contributed by atoms with Crippen molar-refractivity contribution in [3.05, 3.63) is 0 Å². The monoisotopic (exact) mass is 217 g/mol. The van der Waals surface area contributed by atoms with E-state index < -0.39 is 11.5 Å². The summed E-state index contributed by atoms with van der Waals surface area (Å²) in [5, 5.41) is 9.51. The van der Waals surface area contributed by atoms with Crippen molar-refractivity contribution in [1.29, 1.82) is 0 Å². The van der Waals surface area contributed by atoms with Crippen molar-refractivity contribution in [3.63, 3.8) is 0 Å². The number of hydrogen-bond acceptors (Lipinski definition) is 3. The van der Waals surface area contributed by atoms with E-state index in [1.54, 1.807) is 18.7 Å². The van der Waals surface area contributed by atoms with Crippen LogP contribution in [-0.2, 0) is 9.59 Å². The van der Waals surface area contributed by atoms with Crippen LogP contribution in [0.15, 0.2) is 0 Å². The molecule has 0 radical (unpaired) electrons. The van der Waals surface area contributed by atoms with Gasteiger partial charge in [-0.3, -0.25) is 4.79 Å². The van der Waals surface area contributed by atoms with Gasteiger partial charge in [-0.05, 0) is 13.3 Å². The molecule has 1 N–H and O–H groups in total. The number of carboxylic acids is 1. The fourth-order valence-corrected chi connectivity index (χ4v) is 3.18. The van der Waals surface area contributed by atoms with Gasteiger partial charge in [-0.15, -0.1) is 0 Å². The van der Waals surface area contributed by atoms with Crippen molar-refractivity contribution in [2.45, 2.75) is 31.1 Å². The minimum absolute atomic E-state index is 0.306. The van der Waals surface area contributed by atoms with Crippen molar-refractivity contribution in [2.24, 2.45) is 0 Å². The summed E-state index contributed by atoms with van der Waals surface area (Å²) in [5.41, 5.74) is -0.972. The summed E-state index contributed by atoms with van der Waals surface area (Å²) in [6, 6.07) is 0. The van der Waals surface area contributed by atoms with Crippen LogP contribution in [0.2, 0.25) is 0 Å². The maximum absolute atomic E-state index is 11.2. The number of aliphatic carboxylic acids is 1. The number of thioether (sulfide) groups is 1. The fraction of sp³-hybridized carbons (Fsp3) is 0.778.